The smallest absolute Gasteiger partial charge is 0.254 e. The van der Waals surface area contributed by atoms with Crippen LogP contribution in [0.5, 0.6) is 5.75 Å². The number of nitrogens with one attached hydrogen (secondary N) is 3. The van der Waals surface area contributed by atoms with Gasteiger partial charge in [0.1, 0.15) is 23.3 Å². The van der Waals surface area contributed by atoms with E-state index in [4.69, 9.17) is 4.74 Å². The van der Waals surface area contributed by atoms with Crippen LogP contribution < -0.4 is 20.7 Å². The van der Waals surface area contributed by atoms with Gasteiger partial charge in [-0.2, -0.15) is 5.10 Å². The quantitative estimate of drug-likeness (QED) is 0.368. The zero-order valence-corrected chi connectivity index (χ0v) is 20.0. The van der Waals surface area contributed by atoms with E-state index in [9.17, 15) is 9.18 Å². The summed E-state index contributed by atoms with van der Waals surface area (Å²) in [5.74, 6) is 1.94. The molecule has 0 aliphatic carbocycles. The summed E-state index contributed by atoms with van der Waals surface area (Å²) < 4.78 is 21.0. The van der Waals surface area contributed by atoms with Crippen LogP contribution in [0.1, 0.15) is 21.7 Å². The third kappa shape index (κ3) is 4.88. The first kappa shape index (κ1) is 23.6. The molecule has 0 unspecified atom stereocenters. The maximum atomic E-state index is 13.6. The van der Waals surface area contributed by atoms with E-state index in [0.717, 1.165) is 11.8 Å². The van der Waals surface area contributed by atoms with Gasteiger partial charge in [0.25, 0.3) is 5.91 Å². The number of nitrogens with zero attached hydrogens (tertiary/aromatic N) is 5. The van der Waals surface area contributed by atoms with Crippen molar-refractivity contribution in [2.24, 2.45) is 7.05 Å². The van der Waals surface area contributed by atoms with Crippen molar-refractivity contribution in [1.82, 2.24) is 30.0 Å². The lowest BCUT2D eigenvalue weighted by atomic mass is 10.1. The molecule has 3 heterocycles. The maximum absolute atomic E-state index is 13.6. The van der Waals surface area contributed by atoms with Crippen molar-refractivity contribution in [3.8, 4) is 17.1 Å². The SMILES string of the molecule is CNC(=O)c1cnc(Nc2cc(C)c(F)cn2)cc1Nc1cccc(-c2nc(C)nn2C)c1OC. The fourth-order valence-corrected chi connectivity index (χ4v) is 3.61. The molecule has 1 amide bonds. The Kier molecular flexibility index (Phi) is 6.58. The van der Waals surface area contributed by atoms with E-state index in [0.29, 0.717) is 51.5 Å². The Balaban J connectivity index is 1.75. The standard InChI is InChI=1S/C24H25FN8O2/c1-13-9-20(28-12-17(13)25)31-21-10-19(16(11-27-21)24(34)26-3)30-18-8-6-7-15(22(18)35-5)23-29-14(2)32-33(23)4/h6-12H,1-5H3,(H,26,34)(H2,27,28,30,31). The highest BCUT2D eigenvalue weighted by atomic mass is 19.1. The van der Waals surface area contributed by atoms with Gasteiger partial charge in [0.2, 0.25) is 0 Å². The average molecular weight is 477 g/mol. The third-order valence-electron chi connectivity index (χ3n) is 5.28. The van der Waals surface area contributed by atoms with Crippen LogP contribution in [0.2, 0.25) is 0 Å². The summed E-state index contributed by atoms with van der Waals surface area (Å²) in [5, 5.41) is 13.3. The number of ether oxygens (including phenoxy) is 1. The summed E-state index contributed by atoms with van der Waals surface area (Å²) in [6.45, 7) is 3.46. The van der Waals surface area contributed by atoms with E-state index >= 15 is 0 Å². The third-order valence-corrected chi connectivity index (χ3v) is 5.28. The van der Waals surface area contributed by atoms with E-state index in [1.165, 1.54) is 6.20 Å². The van der Waals surface area contributed by atoms with E-state index in [1.54, 1.807) is 37.9 Å². The molecule has 11 heteroatoms. The molecule has 0 fully saturated rings. The molecule has 0 radical (unpaired) electrons. The number of benzene rings is 1. The predicted molar refractivity (Wildman–Crippen MR) is 131 cm³/mol. The van der Waals surface area contributed by atoms with Crippen LogP contribution >= 0.6 is 0 Å². The highest BCUT2D eigenvalue weighted by Crippen LogP contribution is 2.38. The molecule has 0 aliphatic heterocycles. The van der Waals surface area contributed by atoms with Crippen LogP contribution in [-0.4, -0.2) is 44.8 Å². The highest BCUT2D eigenvalue weighted by molar-refractivity contribution is 6.00. The molecule has 0 aliphatic rings. The summed E-state index contributed by atoms with van der Waals surface area (Å²) in [6, 6.07) is 8.82. The predicted octanol–water partition coefficient (Wildman–Crippen LogP) is 3.88. The molecule has 180 valence electrons. The minimum absolute atomic E-state index is 0.318. The van der Waals surface area contributed by atoms with Crippen LogP contribution in [0.4, 0.5) is 27.4 Å². The lowest BCUT2D eigenvalue weighted by molar-refractivity contribution is 0.0963. The number of hydrogen-bond donors (Lipinski definition) is 3. The Morgan fingerprint density at radius 3 is 2.46 bits per heavy atom. The van der Waals surface area contributed by atoms with Gasteiger partial charge in [-0.15, -0.1) is 0 Å². The minimum atomic E-state index is -0.397. The number of aryl methyl sites for hydroxylation is 3. The molecule has 35 heavy (non-hydrogen) atoms. The number of halogens is 1. The molecule has 0 atom stereocenters. The summed E-state index contributed by atoms with van der Waals surface area (Å²) in [7, 11) is 4.92. The van der Waals surface area contributed by atoms with Crippen molar-refractivity contribution >= 4 is 28.9 Å². The van der Waals surface area contributed by atoms with E-state index in [1.807, 2.05) is 32.2 Å². The highest BCUT2D eigenvalue weighted by Gasteiger charge is 2.19. The molecule has 0 bridgehead atoms. The van der Waals surface area contributed by atoms with Gasteiger partial charge in [0.05, 0.1) is 35.8 Å². The largest absolute Gasteiger partial charge is 0.494 e. The van der Waals surface area contributed by atoms with Crippen molar-refractivity contribution < 1.29 is 13.9 Å². The first-order valence-electron chi connectivity index (χ1n) is 10.7. The van der Waals surface area contributed by atoms with Crippen molar-refractivity contribution in [3.63, 3.8) is 0 Å². The summed E-state index contributed by atoms with van der Waals surface area (Å²) in [4.78, 5) is 25.4. The van der Waals surface area contributed by atoms with E-state index in [-0.39, 0.29) is 5.91 Å². The molecule has 0 saturated heterocycles. The number of rotatable bonds is 7. The number of carbonyl (C=O) groups is 1. The number of hydrogen-bond acceptors (Lipinski definition) is 8. The topological polar surface area (TPSA) is 119 Å². The molecule has 0 spiro atoms. The first-order valence-corrected chi connectivity index (χ1v) is 10.7. The van der Waals surface area contributed by atoms with Gasteiger partial charge in [-0.25, -0.2) is 24.0 Å². The first-order chi connectivity index (χ1) is 16.8. The summed E-state index contributed by atoms with van der Waals surface area (Å²) in [6.07, 6.45) is 2.59. The van der Waals surface area contributed by atoms with Crippen LogP contribution in [0.25, 0.3) is 11.4 Å². The average Bonchev–Trinajstić information content (AvgIpc) is 3.18. The van der Waals surface area contributed by atoms with Crippen LogP contribution in [0.3, 0.4) is 0 Å². The number of para-hydroxylation sites is 1. The van der Waals surface area contributed by atoms with Gasteiger partial charge in [-0.3, -0.25) is 4.79 Å². The second-order valence-electron chi connectivity index (χ2n) is 7.76. The second kappa shape index (κ2) is 9.75. The Morgan fingerprint density at radius 1 is 1.06 bits per heavy atom. The number of carbonyl (C=O) groups excluding carboxylic acids is 1. The number of pyridine rings is 2. The zero-order valence-electron chi connectivity index (χ0n) is 20.0. The fraction of sp³-hybridized carbons (Fsp3) is 0.208. The lowest BCUT2D eigenvalue weighted by Gasteiger charge is -2.17. The van der Waals surface area contributed by atoms with Gasteiger partial charge in [0.15, 0.2) is 11.6 Å². The number of methoxy groups -OCH3 is 1. The lowest BCUT2D eigenvalue weighted by Crippen LogP contribution is -2.19. The zero-order chi connectivity index (χ0) is 25.1. The van der Waals surface area contributed by atoms with Gasteiger partial charge >= 0.3 is 0 Å². The number of aromatic nitrogens is 5. The monoisotopic (exact) mass is 476 g/mol. The van der Waals surface area contributed by atoms with Crippen molar-refractivity contribution in [1.29, 1.82) is 0 Å². The van der Waals surface area contributed by atoms with Gasteiger partial charge in [-0.1, -0.05) is 6.07 Å². The van der Waals surface area contributed by atoms with Gasteiger partial charge in [0, 0.05) is 26.4 Å². The molecule has 4 rings (SSSR count). The normalized spacial score (nSPS) is 10.7. The van der Waals surface area contributed by atoms with Crippen LogP contribution in [-0.2, 0) is 7.05 Å². The Morgan fingerprint density at radius 2 is 1.80 bits per heavy atom. The number of amides is 1. The molecular weight excluding hydrogens is 451 g/mol. The second-order valence-corrected chi connectivity index (χ2v) is 7.76. The Bertz CT molecular complexity index is 1400. The van der Waals surface area contributed by atoms with Crippen LogP contribution in [0.15, 0.2) is 42.7 Å². The number of anilines is 4. The minimum Gasteiger partial charge on any atom is -0.494 e. The Labute approximate surface area is 201 Å². The molecular formula is C24H25FN8O2. The molecule has 3 N–H and O–H groups in total. The molecule has 4 aromatic rings. The maximum Gasteiger partial charge on any atom is 0.254 e. The fourth-order valence-electron chi connectivity index (χ4n) is 3.61. The van der Waals surface area contributed by atoms with Gasteiger partial charge < -0.3 is 20.7 Å². The van der Waals surface area contributed by atoms with Crippen molar-refractivity contribution in [2.75, 3.05) is 24.8 Å². The Hall–Kier alpha value is -4.54. The summed E-state index contributed by atoms with van der Waals surface area (Å²) in [5.41, 5.74) is 2.60. The molecule has 0 saturated carbocycles. The molecule has 1 aromatic carbocycles. The summed E-state index contributed by atoms with van der Waals surface area (Å²) >= 11 is 0. The van der Waals surface area contributed by atoms with Gasteiger partial charge in [-0.05, 0) is 37.6 Å². The van der Waals surface area contributed by atoms with E-state index in [2.05, 4.69) is 36.0 Å². The molecule has 10 nitrogen and oxygen atoms in total. The van der Waals surface area contributed by atoms with Crippen molar-refractivity contribution in [3.05, 3.63) is 65.5 Å². The van der Waals surface area contributed by atoms with Crippen LogP contribution in [0, 0.1) is 19.7 Å². The molecule has 3 aromatic heterocycles. The van der Waals surface area contributed by atoms with Crippen molar-refractivity contribution in [2.45, 2.75) is 13.8 Å². The van der Waals surface area contributed by atoms with E-state index < -0.39 is 5.82 Å².